The van der Waals surface area contributed by atoms with Gasteiger partial charge < -0.3 is 5.73 Å². The molecule has 3 N–H and O–H groups in total. The van der Waals surface area contributed by atoms with E-state index in [1.54, 1.807) is 6.07 Å². The van der Waals surface area contributed by atoms with E-state index in [0.29, 0.717) is 27.7 Å². The first-order valence-corrected chi connectivity index (χ1v) is 9.01. The van der Waals surface area contributed by atoms with Gasteiger partial charge in [-0.1, -0.05) is 26.7 Å². The molecule has 0 unspecified atom stereocenters. The van der Waals surface area contributed by atoms with Crippen molar-refractivity contribution in [1.29, 1.82) is 0 Å². The lowest BCUT2D eigenvalue weighted by atomic mass is 10.0. The first-order valence-electron chi connectivity index (χ1n) is 5.92. The Morgan fingerprint density at radius 3 is 2.50 bits per heavy atom. The molecule has 1 aromatic heterocycles. The molecule has 0 saturated heterocycles. The van der Waals surface area contributed by atoms with Gasteiger partial charge in [0.2, 0.25) is 10.0 Å². The molecule has 0 aliphatic rings. The monoisotopic (exact) mass is 354 g/mol. The summed E-state index contributed by atoms with van der Waals surface area (Å²) in [6.45, 7) is 4.96. The van der Waals surface area contributed by atoms with E-state index in [-0.39, 0.29) is 0 Å². The van der Waals surface area contributed by atoms with Crippen molar-refractivity contribution in [1.82, 2.24) is 4.72 Å². The third kappa shape index (κ3) is 4.03. The Morgan fingerprint density at radius 1 is 1.44 bits per heavy atom. The number of hydrogen-bond acceptors (Lipinski definition) is 4. The van der Waals surface area contributed by atoms with Crippen molar-refractivity contribution in [3.05, 3.63) is 14.7 Å². The lowest BCUT2D eigenvalue weighted by Gasteiger charge is -2.13. The number of sulfonamides is 1. The van der Waals surface area contributed by atoms with E-state index in [2.05, 4.69) is 34.5 Å². The van der Waals surface area contributed by atoms with Crippen molar-refractivity contribution in [3.63, 3.8) is 0 Å². The zero-order valence-corrected chi connectivity index (χ0v) is 13.8. The molecule has 0 bridgehead atoms. The van der Waals surface area contributed by atoms with Crippen molar-refractivity contribution in [2.75, 3.05) is 6.54 Å². The Bertz CT molecular complexity index is 481. The molecule has 0 radical (unpaired) electrons. The van der Waals surface area contributed by atoms with Gasteiger partial charge in [-0.2, -0.15) is 0 Å². The second-order valence-electron chi connectivity index (χ2n) is 4.09. The van der Waals surface area contributed by atoms with Gasteiger partial charge in [0, 0.05) is 18.0 Å². The summed E-state index contributed by atoms with van der Waals surface area (Å²) in [7, 11) is -3.44. The molecular weight excluding hydrogens is 336 g/mol. The zero-order valence-electron chi connectivity index (χ0n) is 10.6. The number of thiophene rings is 1. The van der Waals surface area contributed by atoms with E-state index in [0.717, 1.165) is 17.7 Å². The molecule has 7 heteroatoms. The lowest BCUT2D eigenvalue weighted by Crippen LogP contribution is -2.29. The maximum Gasteiger partial charge on any atom is 0.242 e. The average molecular weight is 355 g/mol. The van der Waals surface area contributed by atoms with E-state index in [4.69, 9.17) is 5.73 Å². The minimum atomic E-state index is -3.44. The number of nitrogens with one attached hydrogen (secondary N) is 1. The minimum Gasteiger partial charge on any atom is -0.326 e. The third-order valence-electron chi connectivity index (χ3n) is 2.91. The summed E-state index contributed by atoms with van der Waals surface area (Å²) in [6.07, 6.45) is 1.94. The summed E-state index contributed by atoms with van der Waals surface area (Å²) >= 11 is 4.64. The Morgan fingerprint density at radius 2 is 2.06 bits per heavy atom. The van der Waals surface area contributed by atoms with Crippen molar-refractivity contribution >= 4 is 37.3 Å². The van der Waals surface area contributed by atoms with E-state index >= 15 is 0 Å². The molecule has 0 atom stereocenters. The predicted octanol–water partition coefficient (Wildman–Crippen LogP) is 2.68. The first kappa shape index (κ1) is 16.1. The van der Waals surface area contributed by atoms with Gasteiger partial charge in [-0.25, -0.2) is 13.1 Å². The molecule has 1 aromatic rings. The molecular formula is C11H19BrN2O2S2. The zero-order chi connectivity index (χ0) is 13.8. The molecule has 1 rings (SSSR count). The fraction of sp³-hybridized carbons (Fsp3) is 0.636. The van der Waals surface area contributed by atoms with Gasteiger partial charge in [0.25, 0.3) is 0 Å². The predicted molar refractivity (Wildman–Crippen MR) is 79.2 cm³/mol. The molecule has 104 valence electrons. The van der Waals surface area contributed by atoms with Gasteiger partial charge in [0.05, 0.1) is 3.79 Å². The molecule has 1 heterocycles. The second-order valence-corrected chi connectivity index (χ2v) is 8.28. The largest absolute Gasteiger partial charge is 0.326 e. The summed E-state index contributed by atoms with van der Waals surface area (Å²) in [5, 5.41) is 0. The van der Waals surface area contributed by atoms with Gasteiger partial charge in [-0.3, -0.25) is 0 Å². The quantitative estimate of drug-likeness (QED) is 0.790. The van der Waals surface area contributed by atoms with Crippen LogP contribution in [0.4, 0.5) is 0 Å². The van der Waals surface area contributed by atoms with Crippen LogP contribution in [-0.4, -0.2) is 15.0 Å². The molecule has 4 nitrogen and oxygen atoms in total. The molecule has 0 fully saturated rings. The summed E-state index contributed by atoms with van der Waals surface area (Å²) in [4.78, 5) is 1.14. The van der Waals surface area contributed by atoms with Crippen LogP contribution in [0.5, 0.6) is 0 Å². The van der Waals surface area contributed by atoms with Crippen molar-refractivity contribution in [2.24, 2.45) is 11.7 Å². The van der Waals surface area contributed by atoms with Crippen LogP contribution in [0, 0.1) is 5.92 Å². The first-order chi connectivity index (χ1) is 8.44. The van der Waals surface area contributed by atoms with Crippen LogP contribution in [0.25, 0.3) is 0 Å². The lowest BCUT2D eigenvalue weighted by molar-refractivity contribution is 0.479. The maximum absolute atomic E-state index is 12.1. The Balaban J connectivity index is 2.82. The fourth-order valence-corrected chi connectivity index (χ4v) is 5.24. The van der Waals surface area contributed by atoms with Crippen molar-refractivity contribution in [2.45, 2.75) is 38.1 Å². The molecule has 0 saturated carbocycles. The number of hydrogen-bond donors (Lipinski definition) is 2. The van der Waals surface area contributed by atoms with Crippen LogP contribution in [0.3, 0.4) is 0 Å². The van der Waals surface area contributed by atoms with Gasteiger partial charge in [0.1, 0.15) is 4.90 Å². The topological polar surface area (TPSA) is 72.2 Å². The van der Waals surface area contributed by atoms with Crippen LogP contribution < -0.4 is 10.5 Å². The van der Waals surface area contributed by atoms with Crippen molar-refractivity contribution in [3.8, 4) is 0 Å². The Kier molecular flexibility index (Phi) is 6.26. The van der Waals surface area contributed by atoms with Gasteiger partial charge in [-0.05, 0) is 27.9 Å². The average Bonchev–Trinajstić information content (AvgIpc) is 2.72. The molecule has 0 aromatic carbocycles. The summed E-state index contributed by atoms with van der Waals surface area (Å²) in [5.41, 5.74) is 5.51. The van der Waals surface area contributed by atoms with Crippen LogP contribution in [0.2, 0.25) is 0 Å². The SMILES string of the molecule is CCC(CC)CNS(=O)(=O)c1cc(CN)sc1Br. The number of nitrogens with two attached hydrogens (primary N) is 1. The molecule has 18 heavy (non-hydrogen) atoms. The summed E-state index contributed by atoms with van der Waals surface area (Å²) in [5.74, 6) is 0.381. The van der Waals surface area contributed by atoms with E-state index < -0.39 is 10.0 Å². The van der Waals surface area contributed by atoms with Crippen LogP contribution in [0.1, 0.15) is 31.6 Å². The molecule has 0 amide bonds. The fourth-order valence-electron chi connectivity index (χ4n) is 1.56. The van der Waals surface area contributed by atoms with Gasteiger partial charge in [-0.15, -0.1) is 11.3 Å². The van der Waals surface area contributed by atoms with Crippen LogP contribution in [-0.2, 0) is 16.6 Å². The number of halogens is 1. The van der Waals surface area contributed by atoms with E-state index in [1.807, 2.05) is 0 Å². The summed E-state index contributed by atoms with van der Waals surface area (Å²) in [6, 6.07) is 1.63. The van der Waals surface area contributed by atoms with Gasteiger partial charge in [0.15, 0.2) is 0 Å². The molecule has 0 aliphatic carbocycles. The Labute approximate surface area is 121 Å². The Hall–Kier alpha value is 0.0500. The standard InChI is InChI=1S/C11H19BrN2O2S2/c1-3-8(4-2)7-14-18(15,16)10-5-9(6-13)17-11(10)12/h5,8,14H,3-4,6-7,13H2,1-2H3. The van der Waals surface area contributed by atoms with Gasteiger partial charge >= 0.3 is 0 Å². The second kappa shape index (κ2) is 7.00. The molecule has 0 aliphatic heterocycles. The summed E-state index contributed by atoms with van der Waals surface area (Å²) < 4.78 is 27.6. The van der Waals surface area contributed by atoms with E-state index in [9.17, 15) is 8.42 Å². The van der Waals surface area contributed by atoms with Crippen LogP contribution in [0.15, 0.2) is 14.7 Å². The van der Waals surface area contributed by atoms with E-state index in [1.165, 1.54) is 11.3 Å². The highest BCUT2D eigenvalue weighted by Crippen LogP contribution is 2.31. The number of rotatable bonds is 7. The van der Waals surface area contributed by atoms with Crippen LogP contribution >= 0.6 is 27.3 Å². The highest BCUT2D eigenvalue weighted by atomic mass is 79.9. The smallest absolute Gasteiger partial charge is 0.242 e. The molecule has 0 spiro atoms. The van der Waals surface area contributed by atoms with Crippen molar-refractivity contribution < 1.29 is 8.42 Å². The highest BCUT2D eigenvalue weighted by Gasteiger charge is 2.21. The third-order valence-corrected chi connectivity index (χ3v) is 6.61. The normalized spacial score (nSPS) is 12.3. The maximum atomic E-state index is 12.1. The highest BCUT2D eigenvalue weighted by molar-refractivity contribution is 9.11. The minimum absolute atomic E-state index is 0.291.